The van der Waals surface area contributed by atoms with E-state index in [1.54, 1.807) is 35.0 Å². The van der Waals surface area contributed by atoms with Crippen LogP contribution in [-0.2, 0) is 25.4 Å². The first-order chi connectivity index (χ1) is 21.2. The average molecular weight is 637 g/mol. The Morgan fingerprint density at radius 1 is 1.02 bits per heavy atom. The Balaban J connectivity index is 2.24. The van der Waals surface area contributed by atoms with Gasteiger partial charge in [-0.05, 0) is 88.3 Å². The van der Waals surface area contributed by atoms with Gasteiger partial charge < -0.3 is 39.4 Å². The van der Waals surface area contributed by atoms with Gasteiger partial charge in [0.1, 0.15) is 17.1 Å². The summed E-state index contributed by atoms with van der Waals surface area (Å²) in [6.07, 6.45) is 2.56. The Hall–Kier alpha value is -2.56. The number of benzene rings is 1. The zero-order valence-corrected chi connectivity index (χ0v) is 29.1. The summed E-state index contributed by atoms with van der Waals surface area (Å²) in [4.78, 5) is 26.2. The van der Waals surface area contributed by atoms with Crippen molar-refractivity contribution in [2.24, 2.45) is 23.7 Å². The molecular weight excluding hydrogens is 576 g/mol. The fourth-order valence-corrected chi connectivity index (χ4v) is 5.59. The van der Waals surface area contributed by atoms with Crippen molar-refractivity contribution in [2.45, 2.75) is 111 Å². The van der Waals surface area contributed by atoms with Gasteiger partial charge in [0.2, 0.25) is 5.91 Å². The number of rotatable bonds is 19. The number of ether oxygens (including phenoxy) is 5. The SMILES string of the molecule is COCCCOc1cc(CC(C[C@H](NC(=O)OC(C)(C)C)[C@@H](O)C[C@H](C(=O)NCC2CCCO2)C(C)C)C(C)C)cc(OC)c1. The fraction of sp³-hybridized carbons (Fsp3) is 0.771. The van der Waals surface area contributed by atoms with Crippen molar-refractivity contribution in [1.29, 1.82) is 0 Å². The van der Waals surface area contributed by atoms with Crippen LogP contribution in [0, 0.1) is 23.7 Å². The molecule has 10 heteroatoms. The molecule has 1 aliphatic heterocycles. The first-order valence-corrected chi connectivity index (χ1v) is 16.6. The Bertz CT molecular complexity index is 1020. The maximum absolute atomic E-state index is 13.3. The van der Waals surface area contributed by atoms with Gasteiger partial charge in [-0.3, -0.25) is 4.79 Å². The second kappa shape index (κ2) is 19.2. The molecule has 258 valence electrons. The molecule has 10 nitrogen and oxygen atoms in total. The van der Waals surface area contributed by atoms with Crippen LogP contribution in [0.15, 0.2) is 18.2 Å². The molecule has 2 amide bonds. The van der Waals surface area contributed by atoms with E-state index < -0.39 is 29.8 Å². The number of carbonyl (C=O) groups excluding carboxylic acids is 2. The minimum absolute atomic E-state index is 0.00804. The maximum atomic E-state index is 13.3. The first-order valence-electron chi connectivity index (χ1n) is 16.6. The molecule has 1 aromatic carbocycles. The van der Waals surface area contributed by atoms with Gasteiger partial charge in [-0.25, -0.2) is 4.79 Å². The van der Waals surface area contributed by atoms with Crippen molar-refractivity contribution >= 4 is 12.0 Å². The Kier molecular flexibility index (Phi) is 16.5. The standard InChI is InChI=1S/C35H60N2O8/c1-23(2)26(16-25-17-28(42-9)20-29(18-25)44-15-11-13-41-8)19-31(37-34(40)45-35(5,6)7)32(38)21-30(24(3)4)33(39)36-22-27-12-10-14-43-27/h17-18,20,23-24,26-27,30-32,38H,10-16,19,21-22H2,1-9H3,(H,36,39)(H,37,40)/t26?,27?,30-,31-,32-/m0/s1. The molecule has 2 unspecified atom stereocenters. The van der Waals surface area contributed by atoms with Crippen LogP contribution in [0.3, 0.4) is 0 Å². The molecule has 2 rings (SSSR count). The monoisotopic (exact) mass is 636 g/mol. The highest BCUT2D eigenvalue weighted by Gasteiger charge is 2.33. The van der Waals surface area contributed by atoms with Gasteiger partial charge in [0.05, 0.1) is 32.0 Å². The number of hydrogen-bond acceptors (Lipinski definition) is 8. The number of carbonyl (C=O) groups is 2. The Morgan fingerprint density at radius 2 is 1.73 bits per heavy atom. The molecule has 1 aliphatic rings. The second-order valence-electron chi connectivity index (χ2n) is 13.9. The van der Waals surface area contributed by atoms with E-state index in [9.17, 15) is 14.7 Å². The van der Waals surface area contributed by atoms with E-state index in [0.29, 0.717) is 38.3 Å². The van der Waals surface area contributed by atoms with Crippen LogP contribution < -0.4 is 20.1 Å². The number of aliphatic hydroxyl groups is 1. The molecule has 0 bridgehead atoms. The van der Waals surface area contributed by atoms with E-state index in [0.717, 1.165) is 37.2 Å². The zero-order valence-electron chi connectivity index (χ0n) is 29.1. The molecule has 0 aromatic heterocycles. The summed E-state index contributed by atoms with van der Waals surface area (Å²) in [6.45, 7) is 16.0. The van der Waals surface area contributed by atoms with Gasteiger partial charge in [0.25, 0.3) is 0 Å². The fourth-order valence-electron chi connectivity index (χ4n) is 5.59. The molecule has 3 N–H and O–H groups in total. The van der Waals surface area contributed by atoms with Crippen LogP contribution in [-0.4, -0.2) is 81.5 Å². The highest BCUT2D eigenvalue weighted by molar-refractivity contribution is 5.79. The summed E-state index contributed by atoms with van der Waals surface area (Å²) in [5, 5.41) is 17.6. The number of aliphatic hydroxyl groups excluding tert-OH is 1. The third-order valence-corrected chi connectivity index (χ3v) is 8.27. The van der Waals surface area contributed by atoms with E-state index in [4.69, 9.17) is 23.7 Å². The van der Waals surface area contributed by atoms with Crippen LogP contribution in [0.2, 0.25) is 0 Å². The van der Waals surface area contributed by atoms with E-state index in [2.05, 4.69) is 24.5 Å². The van der Waals surface area contributed by atoms with Crippen LogP contribution in [0.25, 0.3) is 0 Å². The number of alkyl carbamates (subject to hydrolysis) is 1. The summed E-state index contributed by atoms with van der Waals surface area (Å²) in [7, 11) is 3.30. The van der Waals surface area contributed by atoms with Crippen LogP contribution in [0.1, 0.15) is 86.1 Å². The molecule has 1 saturated heterocycles. The lowest BCUT2D eigenvalue weighted by Gasteiger charge is -2.33. The molecule has 0 radical (unpaired) electrons. The number of hydrogen-bond donors (Lipinski definition) is 3. The van der Waals surface area contributed by atoms with Crippen LogP contribution in [0.4, 0.5) is 4.79 Å². The molecule has 5 atom stereocenters. The molecule has 1 aromatic rings. The van der Waals surface area contributed by atoms with Crippen molar-refractivity contribution < 1.29 is 38.4 Å². The summed E-state index contributed by atoms with van der Waals surface area (Å²) < 4.78 is 27.9. The zero-order chi connectivity index (χ0) is 33.6. The quantitative estimate of drug-likeness (QED) is 0.170. The molecule has 0 saturated carbocycles. The van der Waals surface area contributed by atoms with E-state index in [-0.39, 0.29) is 36.2 Å². The van der Waals surface area contributed by atoms with Gasteiger partial charge in [-0.1, -0.05) is 27.7 Å². The lowest BCUT2D eigenvalue weighted by Crippen LogP contribution is -2.49. The Labute approximate surface area is 271 Å². The smallest absolute Gasteiger partial charge is 0.407 e. The number of nitrogens with one attached hydrogen (secondary N) is 2. The van der Waals surface area contributed by atoms with Gasteiger partial charge in [-0.2, -0.15) is 0 Å². The largest absolute Gasteiger partial charge is 0.497 e. The lowest BCUT2D eigenvalue weighted by atomic mass is 9.80. The second-order valence-corrected chi connectivity index (χ2v) is 13.9. The van der Waals surface area contributed by atoms with Crippen molar-refractivity contribution in [3.8, 4) is 11.5 Å². The van der Waals surface area contributed by atoms with Gasteiger partial charge >= 0.3 is 6.09 Å². The maximum Gasteiger partial charge on any atom is 0.407 e. The van der Waals surface area contributed by atoms with E-state index >= 15 is 0 Å². The van der Waals surface area contributed by atoms with Crippen LogP contribution >= 0.6 is 0 Å². The van der Waals surface area contributed by atoms with Crippen molar-refractivity contribution in [1.82, 2.24) is 10.6 Å². The summed E-state index contributed by atoms with van der Waals surface area (Å²) in [6, 6.07) is 5.25. The topological polar surface area (TPSA) is 125 Å². The molecule has 45 heavy (non-hydrogen) atoms. The highest BCUT2D eigenvalue weighted by atomic mass is 16.6. The van der Waals surface area contributed by atoms with Crippen molar-refractivity contribution in [2.75, 3.05) is 40.6 Å². The van der Waals surface area contributed by atoms with Crippen molar-refractivity contribution in [3.63, 3.8) is 0 Å². The normalized spacial score (nSPS) is 17.9. The lowest BCUT2D eigenvalue weighted by molar-refractivity contribution is -0.128. The summed E-state index contributed by atoms with van der Waals surface area (Å²) in [5.74, 6) is 1.19. The summed E-state index contributed by atoms with van der Waals surface area (Å²) in [5.41, 5.74) is 0.341. The Morgan fingerprint density at radius 3 is 2.31 bits per heavy atom. The highest BCUT2D eigenvalue weighted by Crippen LogP contribution is 2.30. The predicted molar refractivity (Wildman–Crippen MR) is 176 cm³/mol. The molecule has 0 spiro atoms. The average Bonchev–Trinajstić information content (AvgIpc) is 3.48. The van der Waals surface area contributed by atoms with Gasteiger partial charge in [0.15, 0.2) is 0 Å². The molecule has 1 heterocycles. The minimum Gasteiger partial charge on any atom is -0.497 e. The van der Waals surface area contributed by atoms with E-state index in [1.807, 2.05) is 32.0 Å². The summed E-state index contributed by atoms with van der Waals surface area (Å²) >= 11 is 0. The van der Waals surface area contributed by atoms with E-state index in [1.165, 1.54) is 0 Å². The minimum atomic E-state index is -0.968. The number of methoxy groups -OCH3 is 2. The van der Waals surface area contributed by atoms with Crippen LogP contribution in [0.5, 0.6) is 11.5 Å². The first kappa shape index (κ1) is 38.6. The van der Waals surface area contributed by atoms with Crippen molar-refractivity contribution in [3.05, 3.63) is 23.8 Å². The predicted octanol–water partition coefficient (Wildman–Crippen LogP) is 5.53. The molecule has 1 fully saturated rings. The van der Waals surface area contributed by atoms with Gasteiger partial charge in [-0.15, -0.1) is 0 Å². The third-order valence-electron chi connectivity index (χ3n) is 8.27. The molecular formula is C35H60N2O8. The number of amides is 2. The third kappa shape index (κ3) is 14.6. The molecule has 0 aliphatic carbocycles. The van der Waals surface area contributed by atoms with Gasteiger partial charge in [0, 0.05) is 45.3 Å².